The summed E-state index contributed by atoms with van der Waals surface area (Å²) in [6.45, 7) is 8.08. The molecule has 0 amide bonds. The Morgan fingerprint density at radius 3 is 2.21 bits per heavy atom. The Kier molecular flexibility index (Phi) is 2.94. The van der Waals surface area contributed by atoms with Crippen molar-refractivity contribution in [1.29, 1.82) is 0 Å². The molecule has 14 heavy (non-hydrogen) atoms. The molecule has 0 bridgehead atoms. The number of carbonyl (C=O) groups is 1. The van der Waals surface area contributed by atoms with Crippen LogP contribution in [-0.4, -0.2) is 11.1 Å². The quantitative estimate of drug-likeness (QED) is 0.781. The zero-order chi connectivity index (χ0) is 10.9. The second-order valence-corrected chi connectivity index (χ2v) is 3.91. The van der Waals surface area contributed by atoms with Gasteiger partial charge >= 0.3 is 5.97 Å². The molecule has 2 nitrogen and oxygen atoms in total. The van der Waals surface area contributed by atoms with Crippen LogP contribution in [0.15, 0.2) is 12.1 Å². The van der Waals surface area contributed by atoms with Crippen LogP contribution >= 0.6 is 0 Å². The zero-order valence-electron chi connectivity index (χ0n) is 9.09. The maximum atomic E-state index is 10.9. The summed E-state index contributed by atoms with van der Waals surface area (Å²) in [5.74, 6) is -0.405. The molecule has 0 saturated carbocycles. The van der Waals surface area contributed by atoms with Gasteiger partial charge in [-0.05, 0) is 42.5 Å². The average Bonchev–Trinajstić information content (AvgIpc) is 2.08. The van der Waals surface area contributed by atoms with Gasteiger partial charge in [0.25, 0.3) is 0 Å². The topological polar surface area (TPSA) is 37.3 Å². The summed E-state index contributed by atoms with van der Waals surface area (Å²) in [5, 5.41) is 8.92. The highest BCUT2D eigenvalue weighted by atomic mass is 16.4. The SMILES string of the molecule is Cc1c(C(=O)O)ccc(C(C)C)c1C. The van der Waals surface area contributed by atoms with Crippen LogP contribution in [0.1, 0.15) is 46.8 Å². The number of hydrogen-bond acceptors (Lipinski definition) is 1. The van der Waals surface area contributed by atoms with Gasteiger partial charge in [0.2, 0.25) is 0 Å². The van der Waals surface area contributed by atoms with E-state index in [0.717, 1.165) is 11.1 Å². The fourth-order valence-corrected chi connectivity index (χ4v) is 1.70. The molecule has 0 radical (unpaired) electrons. The molecule has 76 valence electrons. The fourth-order valence-electron chi connectivity index (χ4n) is 1.70. The van der Waals surface area contributed by atoms with Gasteiger partial charge < -0.3 is 5.11 Å². The van der Waals surface area contributed by atoms with Crippen molar-refractivity contribution >= 4 is 5.97 Å². The van der Waals surface area contributed by atoms with Crippen molar-refractivity contribution in [3.8, 4) is 0 Å². The van der Waals surface area contributed by atoms with E-state index in [0.29, 0.717) is 11.5 Å². The van der Waals surface area contributed by atoms with Crippen molar-refractivity contribution in [1.82, 2.24) is 0 Å². The highest BCUT2D eigenvalue weighted by Crippen LogP contribution is 2.24. The molecule has 0 unspecified atom stereocenters. The molecule has 1 rings (SSSR count). The third-order valence-corrected chi connectivity index (χ3v) is 2.68. The van der Waals surface area contributed by atoms with E-state index in [1.165, 1.54) is 5.56 Å². The van der Waals surface area contributed by atoms with Crippen LogP contribution in [0.2, 0.25) is 0 Å². The van der Waals surface area contributed by atoms with Crippen LogP contribution in [-0.2, 0) is 0 Å². The minimum atomic E-state index is -0.846. The van der Waals surface area contributed by atoms with Crippen LogP contribution in [0.3, 0.4) is 0 Å². The number of aromatic carboxylic acids is 1. The van der Waals surface area contributed by atoms with Gasteiger partial charge in [-0.3, -0.25) is 0 Å². The predicted molar refractivity (Wildman–Crippen MR) is 57.0 cm³/mol. The maximum absolute atomic E-state index is 10.9. The van der Waals surface area contributed by atoms with E-state index in [2.05, 4.69) is 13.8 Å². The molecular weight excluding hydrogens is 176 g/mol. The molecular formula is C12H16O2. The van der Waals surface area contributed by atoms with Crippen LogP contribution < -0.4 is 0 Å². The Hall–Kier alpha value is -1.31. The zero-order valence-corrected chi connectivity index (χ0v) is 9.09. The molecule has 0 aliphatic rings. The van der Waals surface area contributed by atoms with Gasteiger partial charge in [0, 0.05) is 0 Å². The van der Waals surface area contributed by atoms with Crippen molar-refractivity contribution in [3.05, 3.63) is 34.4 Å². The largest absolute Gasteiger partial charge is 0.478 e. The number of carboxylic acids is 1. The van der Waals surface area contributed by atoms with Gasteiger partial charge in [-0.15, -0.1) is 0 Å². The first-order chi connectivity index (χ1) is 6.45. The molecule has 2 heteroatoms. The lowest BCUT2D eigenvalue weighted by Crippen LogP contribution is -2.04. The van der Waals surface area contributed by atoms with E-state index in [1.807, 2.05) is 19.9 Å². The monoisotopic (exact) mass is 192 g/mol. The Morgan fingerprint density at radius 1 is 1.21 bits per heavy atom. The van der Waals surface area contributed by atoms with Crippen molar-refractivity contribution < 1.29 is 9.90 Å². The Balaban J connectivity index is 3.33. The summed E-state index contributed by atoms with van der Waals surface area (Å²) in [6.07, 6.45) is 0. The third-order valence-electron chi connectivity index (χ3n) is 2.68. The van der Waals surface area contributed by atoms with Crippen molar-refractivity contribution in [2.75, 3.05) is 0 Å². The van der Waals surface area contributed by atoms with Crippen molar-refractivity contribution in [2.24, 2.45) is 0 Å². The highest BCUT2D eigenvalue weighted by molar-refractivity contribution is 5.89. The van der Waals surface area contributed by atoms with E-state index in [-0.39, 0.29) is 0 Å². The van der Waals surface area contributed by atoms with E-state index in [4.69, 9.17) is 5.11 Å². The number of benzene rings is 1. The molecule has 0 atom stereocenters. The average molecular weight is 192 g/mol. The Morgan fingerprint density at radius 2 is 1.79 bits per heavy atom. The summed E-state index contributed by atoms with van der Waals surface area (Å²) in [4.78, 5) is 10.9. The summed E-state index contributed by atoms with van der Waals surface area (Å²) >= 11 is 0. The van der Waals surface area contributed by atoms with Gasteiger partial charge in [-0.25, -0.2) is 4.79 Å². The van der Waals surface area contributed by atoms with Crippen molar-refractivity contribution in [2.45, 2.75) is 33.6 Å². The van der Waals surface area contributed by atoms with E-state index >= 15 is 0 Å². The maximum Gasteiger partial charge on any atom is 0.335 e. The first kappa shape index (κ1) is 10.8. The summed E-state index contributed by atoms with van der Waals surface area (Å²) in [6, 6.07) is 3.61. The Labute approximate surface area is 84.6 Å². The van der Waals surface area contributed by atoms with Gasteiger partial charge in [0.05, 0.1) is 5.56 Å². The Bertz CT molecular complexity index is 365. The lowest BCUT2D eigenvalue weighted by Gasteiger charge is -2.13. The van der Waals surface area contributed by atoms with Crippen molar-refractivity contribution in [3.63, 3.8) is 0 Å². The van der Waals surface area contributed by atoms with Crippen LogP contribution in [0.25, 0.3) is 0 Å². The lowest BCUT2D eigenvalue weighted by molar-refractivity contribution is 0.0696. The highest BCUT2D eigenvalue weighted by Gasteiger charge is 2.12. The molecule has 0 aliphatic heterocycles. The molecule has 1 aromatic carbocycles. The number of rotatable bonds is 2. The normalized spacial score (nSPS) is 10.6. The van der Waals surface area contributed by atoms with E-state index in [1.54, 1.807) is 6.07 Å². The second kappa shape index (κ2) is 3.82. The molecule has 1 N–H and O–H groups in total. The molecule has 0 aromatic heterocycles. The minimum absolute atomic E-state index is 0.409. The molecule has 0 spiro atoms. The standard InChI is InChI=1S/C12H16O2/c1-7(2)10-5-6-11(12(13)14)9(4)8(10)3/h5-7H,1-4H3,(H,13,14). The first-order valence-corrected chi connectivity index (χ1v) is 4.78. The van der Waals surface area contributed by atoms with E-state index in [9.17, 15) is 4.79 Å². The molecule has 1 aromatic rings. The van der Waals surface area contributed by atoms with Gasteiger partial charge in [-0.1, -0.05) is 19.9 Å². The summed E-state index contributed by atoms with van der Waals surface area (Å²) < 4.78 is 0. The van der Waals surface area contributed by atoms with Gasteiger partial charge in [0.15, 0.2) is 0 Å². The number of hydrogen-bond donors (Lipinski definition) is 1. The molecule has 0 fully saturated rings. The third kappa shape index (κ3) is 1.79. The lowest BCUT2D eigenvalue weighted by atomic mass is 9.92. The minimum Gasteiger partial charge on any atom is -0.478 e. The predicted octanol–water partition coefficient (Wildman–Crippen LogP) is 3.13. The van der Waals surface area contributed by atoms with Crippen LogP contribution in [0.5, 0.6) is 0 Å². The first-order valence-electron chi connectivity index (χ1n) is 4.78. The summed E-state index contributed by atoms with van der Waals surface area (Å²) in [7, 11) is 0. The van der Waals surface area contributed by atoms with Gasteiger partial charge in [0.1, 0.15) is 0 Å². The van der Waals surface area contributed by atoms with Crippen LogP contribution in [0, 0.1) is 13.8 Å². The molecule has 0 heterocycles. The second-order valence-electron chi connectivity index (χ2n) is 3.91. The van der Waals surface area contributed by atoms with Crippen LogP contribution in [0.4, 0.5) is 0 Å². The summed E-state index contributed by atoms with van der Waals surface area (Å²) in [5.41, 5.74) is 3.61. The number of carboxylic acid groups (broad SMARTS) is 1. The molecule has 0 saturated heterocycles. The smallest absolute Gasteiger partial charge is 0.335 e. The fraction of sp³-hybridized carbons (Fsp3) is 0.417. The van der Waals surface area contributed by atoms with E-state index < -0.39 is 5.97 Å². The van der Waals surface area contributed by atoms with Gasteiger partial charge in [-0.2, -0.15) is 0 Å². The molecule has 0 aliphatic carbocycles.